The maximum atomic E-state index is 12.1. The molecule has 0 bridgehead atoms. The topological polar surface area (TPSA) is 98.3 Å². The third-order valence-electron chi connectivity index (χ3n) is 2.70. The standard InChI is InChI=1S/C13H9Cl2N3O3/c14-7-4-5-10(9(15)6-7)17-13(19)8-2-1-3-11(12(8)16)18(20)21/h1-6H,16H2,(H,17,19). The average Bonchev–Trinajstić information content (AvgIpc) is 2.41. The van der Waals surface area contributed by atoms with Gasteiger partial charge in [-0.1, -0.05) is 29.3 Å². The van der Waals surface area contributed by atoms with E-state index in [1.165, 1.54) is 30.3 Å². The van der Waals surface area contributed by atoms with Crippen molar-refractivity contribution >= 4 is 46.2 Å². The van der Waals surface area contributed by atoms with Crippen LogP contribution in [0.4, 0.5) is 17.1 Å². The van der Waals surface area contributed by atoms with Gasteiger partial charge in [-0.3, -0.25) is 14.9 Å². The summed E-state index contributed by atoms with van der Waals surface area (Å²) >= 11 is 11.7. The molecule has 0 aliphatic rings. The molecule has 0 aliphatic carbocycles. The molecule has 0 aliphatic heterocycles. The van der Waals surface area contributed by atoms with Crippen molar-refractivity contribution in [1.29, 1.82) is 0 Å². The number of rotatable bonds is 3. The number of para-hydroxylation sites is 1. The lowest BCUT2D eigenvalue weighted by molar-refractivity contribution is -0.383. The second-order valence-corrected chi connectivity index (χ2v) is 4.92. The van der Waals surface area contributed by atoms with Gasteiger partial charge < -0.3 is 11.1 Å². The molecule has 21 heavy (non-hydrogen) atoms. The average molecular weight is 326 g/mol. The van der Waals surface area contributed by atoms with Crippen LogP contribution in [0.1, 0.15) is 10.4 Å². The molecular weight excluding hydrogens is 317 g/mol. The highest BCUT2D eigenvalue weighted by Gasteiger charge is 2.19. The van der Waals surface area contributed by atoms with Gasteiger partial charge in [-0.2, -0.15) is 0 Å². The van der Waals surface area contributed by atoms with Crippen molar-refractivity contribution < 1.29 is 9.72 Å². The molecule has 3 N–H and O–H groups in total. The first kappa shape index (κ1) is 15.1. The van der Waals surface area contributed by atoms with Gasteiger partial charge in [0.05, 0.1) is 21.2 Å². The minimum Gasteiger partial charge on any atom is -0.393 e. The fourth-order valence-electron chi connectivity index (χ4n) is 1.69. The van der Waals surface area contributed by atoms with E-state index in [4.69, 9.17) is 28.9 Å². The van der Waals surface area contributed by atoms with Crippen LogP contribution in [0.15, 0.2) is 36.4 Å². The van der Waals surface area contributed by atoms with Gasteiger partial charge in [-0.05, 0) is 24.3 Å². The summed E-state index contributed by atoms with van der Waals surface area (Å²) in [5, 5.41) is 14.0. The van der Waals surface area contributed by atoms with Crippen molar-refractivity contribution in [3.63, 3.8) is 0 Å². The summed E-state index contributed by atoms with van der Waals surface area (Å²) in [5.41, 5.74) is 5.44. The van der Waals surface area contributed by atoms with Crippen molar-refractivity contribution in [2.75, 3.05) is 11.1 Å². The molecule has 0 saturated carbocycles. The first-order valence-electron chi connectivity index (χ1n) is 5.69. The summed E-state index contributed by atoms with van der Waals surface area (Å²) in [7, 11) is 0. The van der Waals surface area contributed by atoms with Gasteiger partial charge in [-0.25, -0.2) is 0 Å². The normalized spacial score (nSPS) is 10.2. The molecule has 2 rings (SSSR count). The van der Waals surface area contributed by atoms with Crippen LogP contribution in [0.25, 0.3) is 0 Å². The Labute approximate surface area is 129 Å². The molecule has 108 valence electrons. The zero-order valence-electron chi connectivity index (χ0n) is 10.5. The zero-order chi connectivity index (χ0) is 15.6. The lowest BCUT2D eigenvalue weighted by Crippen LogP contribution is -2.15. The smallest absolute Gasteiger partial charge is 0.292 e. The van der Waals surface area contributed by atoms with Crippen LogP contribution in [-0.4, -0.2) is 10.8 Å². The summed E-state index contributed by atoms with van der Waals surface area (Å²) in [6.07, 6.45) is 0. The van der Waals surface area contributed by atoms with E-state index in [-0.39, 0.29) is 22.0 Å². The van der Waals surface area contributed by atoms with Gasteiger partial charge >= 0.3 is 0 Å². The maximum Gasteiger partial charge on any atom is 0.292 e. The fraction of sp³-hybridized carbons (Fsp3) is 0. The molecular formula is C13H9Cl2N3O3. The quantitative estimate of drug-likeness (QED) is 0.510. The van der Waals surface area contributed by atoms with Crippen molar-refractivity contribution in [2.24, 2.45) is 0 Å². The highest BCUT2D eigenvalue weighted by molar-refractivity contribution is 6.36. The molecule has 6 nitrogen and oxygen atoms in total. The van der Waals surface area contributed by atoms with Gasteiger partial charge in [0.2, 0.25) is 0 Å². The van der Waals surface area contributed by atoms with Gasteiger partial charge in [0.25, 0.3) is 11.6 Å². The minimum absolute atomic E-state index is 0.00443. The molecule has 0 atom stereocenters. The number of carbonyl (C=O) groups excluding carboxylic acids is 1. The minimum atomic E-state index is -0.651. The maximum absolute atomic E-state index is 12.1. The number of carbonyl (C=O) groups is 1. The molecule has 1 amide bonds. The van der Waals surface area contributed by atoms with Crippen LogP contribution in [0.3, 0.4) is 0 Å². The number of amides is 1. The Hall–Kier alpha value is -2.31. The Morgan fingerprint density at radius 3 is 2.57 bits per heavy atom. The number of hydrogen-bond acceptors (Lipinski definition) is 4. The predicted octanol–water partition coefficient (Wildman–Crippen LogP) is 3.74. The van der Waals surface area contributed by atoms with E-state index in [1.807, 2.05) is 0 Å². The molecule has 2 aromatic rings. The Morgan fingerprint density at radius 1 is 1.24 bits per heavy atom. The third-order valence-corrected chi connectivity index (χ3v) is 3.25. The lowest BCUT2D eigenvalue weighted by atomic mass is 10.1. The number of halogens is 2. The Kier molecular flexibility index (Phi) is 4.30. The number of benzene rings is 2. The highest BCUT2D eigenvalue weighted by Crippen LogP contribution is 2.28. The monoisotopic (exact) mass is 325 g/mol. The molecule has 0 spiro atoms. The Morgan fingerprint density at radius 2 is 1.95 bits per heavy atom. The summed E-state index contributed by atoms with van der Waals surface area (Å²) in [6.45, 7) is 0. The van der Waals surface area contributed by atoms with Crippen molar-refractivity contribution in [1.82, 2.24) is 0 Å². The van der Waals surface area contributed by atoms with Crippen LogP contribution in [-0.2, 0) is 0 Å². The summed E-state index contributed by atoms with van der Waals surface area (Å²) in [4.78, 5) is 22.3. The third kappa shape index (κ3) is 3.24. The van der Waals surface area contributed by atoms with Gasteiger partial charge in [0.15, 0.2) is 0 Å². The fourth-order valence-corrected chi connectivity index (χ4v) is 2.15. The Balaban J connectivity index is 2.33. The number of nitrogens with two attached hydrogens (primary N) is 1. The lowest BCUT2D eigenvalue weighted by Gasteiger charge is -2.09. The zero-order valence-corrected chi connectivity index (χ0v) is 12.0. The number of nitro groups is 1. The molecule has 0 heterocycles. The van der Waals surface area contributed by atoms with E-state index < -0.39 is 10.8 Å². The van der Waals surface area contributed by atoms with Crippen LogP contribution >= 0.6 is 23.2 Å². The van der Waals surface area contributed by atoms with Gasteiger partial charge in [0, 0.05) is 11.1 Å². The van der Waals surface area contributed by atoms with Crippen LogP contribution < -0.4 is 11.1 Å². The number of hydrogen-bond donors (Lipinski definition) is 2. The second-order valence-electron chi connectivity index (χ2n) is 4.07. The molecule has 0 saturated heterocycles. The van der Waals surface area contributed by atoms with E-state index in [1.54, 1.807) is 6.07 Å². The first-order valence-corrected chi connectivity index (χ1v) is 6.45. The van der Waals surface area contributed by atoms with E-state index in [9.17, 15) is 14.9 Å². The first-order chi connectivity index (χ1) is 9.90. The van der Waals surface area contributed by atoms with E-state index in [0.29, 0.717) is 10.7 Å². The molecule has 0 aromatic heterocycles. The van der Waals surface area contributed by atoms with Crippen LogP contribution in [0.5, 0.6) is 0 Å². The Bertz CT molecular complexity index is 735. The van der Waals surface area contributed by atoms with Crippen LogP contribution in [0, 0.1) is 10.1 Å². The highest BCUT2D eigenvalue weighted by atomic mass is 35.5. The van der Waals surface area contributed by atoms with E-state index >= 15 is 0 Å². The molecule has 0 fully saturated rings. The predicted molar refractivity (Wildman–Crippen MR) is 81.9 cm³/mol. The molecule has 0 radical (unpaired) electrons. The number of anilines is 2. The summed E-state index contributed by atoms with van der Waals surface area (Å²) in [6, 6.07) is 8.54. The largest absolute Gasteiger partial charge is 0.393 e. The molecule has 8 heteroatoms. The van der Waals surface area contributed by atoms with E-state index in [2.05, 4.69) is 5.32 Å². The van der Waals surface area contributed by atoms with Crippen molar-refractivity contribution in [2.45, 2.75) is 0 Å². The molecule has 2 aromatic carbocycles. The van der Waals surface area contributed by atoms with Crippen LogP contribution in [0.2, 0.25) is 10.0 Å². The second kappa shape index (κ2) is 5.99. The number of nitro benzene ring substituents is 1. The SMILES string of the molecule is Nc1c(C(=O)Nc2ccc(Cl)cc2Cl)cccc1[N+](=O)[O-]. The van der Waals surface area contributed by atoms with Gasteiger partial charge in [0.1, 0.15) is 5.69 Å². The summed E-state index contributed by atoms with van der Waals surface area (Å²) in [5.74, 6) is -0.597. The number of nitrogen functional groups attached to an aromatic ring is 1. The van der Waals surface area contributed by atoms with E-state index in [0.717, 1.165) is 0 Å². The molecule has 0 unspecified atom stereocenters. The number of nitrogens with one attached hydrogen (secondary N) is 1. The van der Waals surface area contributed by atoms with Crippen molar-refractivity contribution in [3.05, 3.63) is 62.1 Å². The number of nitrogens with zero attached hydrogens (tertiary/aromatic N) is 1. The van der Waals surface area contributed by atoms with Gasteiger partial charge in [-0.15, -0.1) is 0 Å². The van der Waals surface area contributed by atoms with Crippen molar-refractivity contribution in [3.8, 4) is 0 Å². The summed E-state index contributed by atoms with van der Waals surface area (Å²) < 4.78 is 0.